The van der Waals surface area contributed by atoms with Crippen LogP contribution in [-0.4, -0.2) is 23.5 Å². The Morgan fingerprint density at radius 2 is 1.47 bits per heavy atom. The van der Waals surface area contributed by atoms with E-state index in [2.05, 4.69) is 5.32 Å². The summed E-state index contributed by atoms with van der Waals surface area (Å²) in [4.78, 5) is 27.6. The predicted molar refractivity (Wildman–Crippen MR) is 111 cm³/mol. The lowest BCUT2D eigenvalue weighted by molar-refractivity contribution is -0.137. The highest BCUT2D eigenvalue weighted by Crippen LogP contribution is 2.35. The lowest BCUT2D eigenvalue weighted by Gasteiger charge is -2.16. The predicted octanol–water partition coefficient (Wildman–Crippen LogP) is 4.09. The molecule has 6 nitrogen and oxygen atoms in total. The van der Waals surface area contributed by atoms with Crippen LogP contribution >= 0.6 is 0 Å². The van der Waals surface area contributed by atoms with E-state index < -0.39 is 23.4 Å². The van der Waals surface area contributed by atoms with Gasteiger partial charge in [-0.3, -0.25) is 14.5 Å². The second kappa shape index (κ2) is 7.81. The molecule has 2 aliphatic heterocycles. The van der Waals surface area contributed by atoms with Crippen molar-refractivity contribution in [2.75, 3.05) is 12.1 Å². The van der Waals surface area contributed by atoms with Crippen LogP contribution in [0.2, 0.25) is 0 Å². The molecule has 0 aromatic heterocycles. The summed E-state index contributed by atoms with van der Waals surface area (Å²) in [6, 6.07) is 15.9. The molecule has 160 valence electrons. The second-order valence-corrected chi connectivity index (χ2v) is 7.27. The van der Waals surface area contributed by atoms with Gasteiger partial charge >= 0.3 is 0 Å². The van der Waals surface area contributed by atoms with Crippen LogP contribution in [0.5, 0.6) is 11.5 Å². The Kier molecular flexibility index (Phi) is 4.82. The van der Waals surface area contributed by atoms with Crippen LogP contribution in [0.1, 0.15) is 11.1 Å². The van der Waals surface area contributed by atoms with E-state index in [1.165, 1.54) is 48.5 Å². The summed E-state index contributed by atoms with van der Waals surface area (Å²) in [5.74, 6) is -0.826. The number of halogens is 2. The van der Waals surface area contributed by atoms with Crippen LogP contribution in [0.25, 0.3) is 5.57 Å². The fourth-order valence-corrected chi connectivity index (χ4v) is 3.62. The van der Waals surface area contributed by atoms with Gasteiger partial charge in [0.2, 0.25) is 6.79 Å². The molecular weight excluding hydrogens is 418 g/mol. The van der Waals surface area contributed by atoms with Gasteiger partial charge in [-0.25, -0.2) is 8.78 Å². The molecule has 2 heterocycles. The van der Waals surface area contributed by atoms with Gasteiger partial charge in [-0.2, -0.15) is 0 Å². The van der Waals surface area contributed by atoms with E-state index in [-0.39, 0.29) is 24.6 Å². The van der Waals surface area contributed by atoms with Gasteiger partial charge in [0.25, 0.3) is 11.8 Å². The molecule has 1 N–H and O–H groups in total. The Bertz CT molecular complexity index is 1250. The summed E-state index contributed by atoms with van der Waals surface area (Å²) >= 11 is 0. The highest BCUT2D eigenvalue weighted by molar-refractivity contribution is 6.36. The second-order valence-electron chi connectivity index (χ2n) is 7.27. The number of anilines is 1. The third-order valence-corrected chi connectivity index (χ3v) is 5.19. The van der Waals surface area contributed by atoms with Gasteiger partial charge in [0.1, 0.15) is 17.3 Å². The highest BCUT2D eigenvalue weighted by Gasteiger charge is 2.39. The van der Waals surface area contributed by atoms with E-state index in [0.29, 0.717) is 28.3 Å². The average molecular weight is 434 g/mol. The van der Waals surface area contributed by atoms with Crippen LogP contribution in [-0.2, 0) is 16.1 Å². The van der Waals surface area contributed by atoms with Gasteiger partial charge in [-0.05, 0) is 59.7 Å². The lowest BCUT2D eigenvalue weighted by Crippen LogP contribution is -2.32. The Labute approximate surface area is 181 Å². The summed E-state index contributed by atoms with van der Waals surface area (Å²) < 4.78 is 37.4. The third-order valence-electron chi connectivity index (χ3n) is 5.19. The lowest BCUT2D eigenvalue weighted by atomic mass is 10.0. The number of carbonyl (C=O) groups is 2. The van der Waals surface area contributed by atoms with E-state index in [1.807, 2.05) is 0 Å². The van der Waals surface area contributed by atoms with Gasteiger partial charge in [0.05, 0.1) is 12.1 Å². The Morgan fingerprint density at radius 1 is 0.812 bits per heavy atom. The molecule has 32 heavy (non-hydrogen) atoms. The number of hydrogen-bond acceptors (Lipinski definition) is 5. The van der Waals surface area contributed by atoms with E-state index in [9.17, 15) is 18.4 Å². The zero-order valence-electron chi connectivity index (χ0n) is 16.6. The molecule has 5 rings (SSSR count). The number of nitrogens with one attached hydrogen (secondary N) is 1. The number of rotatable bonds is 5. The molecule has 3 aromatic rings. The Balaban J connectivity index is 1.50. The maximum Gasteiger partial charge on any atom is 0.278 e. The summed E-state index contributed by atoms with van der Waals surface area (Å²) in [6.07, 6.45) is 0. The molecule has 0 atom stereocenters. The number of fused-ring (bicyclic) bond motifs is 1. The first-order chi connectivity index (χ1) is 15.5. The van der Waals surface area contributed by atoms with Crippen LogP contribution < -0.4 is 14.8 Å². The Hall–Kier alpha value is -4.20. The van der Waals surface area contributed by atoms with Crippen molar-refractivity contribution in [1.29, 1.82) is 0 Å². The van der Waals surface area contributed by atoms with E-state index in [4.69, 9.17) is 9.47 Å². The molecule has 3 aromatic carbocycles. The molecular formula is C24H16F2N2O4. The summed E-state index contributed by atoms with van der Waals surface area (Å²) in [5, 5.41) is 2.93. The molecule has 0 saturated heterocycles. The molecule has 0 spiro atoms. The first-order valence-electron chi connectivity index (χ1n) is 9.77. The van der Waals surface area contributed by atoms with Crippen molar-refractivity contribution in [3.05, 3.63) is 95.2 Å². The van der Waals surface area contributed by atoms with Crippen molar-refractivity contribution < 1.29 is 27.8 Å². The highest BCUT2D eigenvalue weighted by atomic mass is 19.1. The van der Waals surface area contributed by atoms with Crippen molar-refractivity contribution >= 4 is 23.1 Å². The van der Waals surface area contributed by atoms with Gasteiger partial charge in [0, 0.05) is 5.69 Å². The average Bonchev–Trinajstić information content (AvgIpc) is 3.34. The van der Waals surface area contributed by atoms with Crippen LogP contribution in [0.3, 0.4) is 0 Å². The van der Waals surface area contributed by atoms with Crippen molar-refractivity contribution in [2.45, 2.75) is 6.54 Å². The first-order valence-corrected chi connectivity index (χ1v) is 9.77. The third kappa shape index (κ3) is 3.56. The van der Waals surface area contributed by atoms with Crippen LogP contribution in [0.15, 0.2) is 72.4 Å². The SMILES string of the molecule is O=C1C(Nc2ccc(F)cc2)=C(c2ccc(F)cc2)C(=O)N1Cc1ccc2c(c1)OCO2. The van der Waals surface area contributed by atoms with Crippen molar-refractivity contribution in [2.24, 2.45) is 0 Å². The van der Waals surface area contributed by atoms with Crippen LogP contribution in [0.4, 0.5) is 14.5 Å². The number of benzene rings is 3. The normalized spacial score (nSPS) is 15.0. The molecule has 8 heteroatoms. The minimum absolute atomic E-state index is 0.00754. The number of amides is 2. The van der Waals surface area contributed by atoms with Crippen molar-refractivity contribution in [3.63, 3.8) is 0 Å². The first kappa shape index (κ1) is 19.7. The van der Waals surface area contributed by atoms with Gasteiger partial charge in [0.15, 0.2) is 11.5 Å². The monoisotopic (exact) mass is 434 g/mol. The molecule has 0 bridgehead atoms. The molecule has 0 aliphatic carbocycles. The number of hydrogen-bond donors (Lipinski definition) is 1. The van der Waals surface area contributed by atoms with Gasteiger partial charge in [-0.1, -0.05) is 18.2 Å². The fraction of sp³-hybridized carbons (Fsp3) is 0.0833. The van der Waals surface area contributed by atoms with Crippen molar-refractivity contribution in [1.82, 2.24) is 4.90 Å². The summed E-state index contributed by atoms with van der Waals surface area (Å²) in [7, 11) is 0. The quantitative estimate of drug-likeness (QED) is 0.613. The molecule has 0 unspecified atom stereocenters. The van der Waals surface area contributed by atoms with Crippen molar-refractivity contribution in [3.8, 4) is 11.5 Å². The standard InChI is InChI=1S/C24H16F2N2O4/c25-16-4-2-15(3-5-16)21-22(27-18-8-6-17(26)7-9-18)24(30)28(23(21)29)12-14-1-10-19-20(11-14)32-13-31-19/h1-11,27H,12-13H2. The number of carbonyl (C=O) groups excluding carboxylic acids is 2. The number of nitrogens with zero attached hydrogens (tertiary/aromatic N) is 1. The minimum atomic E-state index is -0.545. The molecule has 0 fully saturated rings. The zero-order valence-corrected chi connectivity index (χ0v) is 16.6. The topological polar surface area (TPSA) is 67.9 Å². The summed E-state index contributed by atoms with van der Waals surface area (Å²) in [5.41, 5.74) is 1.65. The molecule has 0 radical (unpaired) electrons. The van der Waals surface area contributed by atoms with Gasteiger partial charge in [-0.15, -0.1) is 0 Å². The number of ether oxygens (including phenoxy) is 2. The fourth-order valence-electron chi connectivity index (χ4n) is 3.62. The maximum atomic E-state index is 13.5. The zero-order chi connectivity index (χ0) is 22.2. The summed E-state index contributed by atoms with van der Waals surface area (Å²) in [6.45, 7) is 0.121. The van der Waals surface area contributed by atoms with E-state index >= 15 is 0 Å². The maximum absolute atomic E-state index is 13.5. The number of imide groups is 1. The van der Waals surface area contributed by atoms with Crippen LogP contribution in [0, 0.1) is 11.6 Å². The van der Waals surface area contributed by atoms with Gasteiger partial charge < -0.3 is 14.8 Å². The smallest absolute Gasteiger partial charge is 0.278 e. The van der Waals surface area contributed by atoms with E-state index in [1.54, 1.807) is 18.2 Å². The largest absolute Gasteiger partial charge is 0.454 e. The Morgan fingerprint density at radius 3 is 2.19 bits per heavy atom. The molecule has 2 amide bonds. The van der Waals surface area contributed by atoms with E-state index in [0.717, 1.165) is 4.90 Å². The minimum Gasteiger partial charge on any atom is -0.454 e. The molecule has 2 aliphatic rings. The molecule has 0 saturated carbocycles.